The first kappa shape index (κ1) is 16.7. The highest BCUT2D eigenvalue weighted by Gasteiger charge is 2.27. The molecule has 1 aromatic carbocycles. The average Bonchev–Trinajstić information content (AvgIpc) is 2.97. The zero-order chi connectivity index (χ0) is 16.4. The number of rotatable bonds is 6. The summed E-state index contributed by atoms with van der Waals surface area (Å²) in [5.74, 6) is 0.714. The summed E-state index contributed by atoms with van der Waals surface area (Å²) >= 11 is 0. The highest BCUT2D eigenvalue weighted by Crippen LogP contribution is 2.20. The van der Waals surface area contributed by atoms with Crippen LogP contribution in [-0.2, 0) is 15.6 Å². The molecule has 0 radical (unpaired) electrons. The van der Waals surface area contributed by atoms with E-state index in [0.29, 0.717) is 11.4 Å². The molecule has 22 heavy (non-hydrogen) atoms. The Morgan fingerprint density at radius 2 is 1.95 bits per heavy atom. The van der Waals surface area contributed by atoms with E-state index in [4.69, 9.17) is 0 Å². The monoisotopic (exact) mass is 323 g/mol. The van der Waals surface area contributed by atoms with Crippen LogP contribution in [0.1, 0.15) is 38.1 Å². The average molecular weight is 323 g/mol. The summed E-state index contributed by atoms with van der Waals surface area (Å²) in [6, 6.07) is 8.93. The number of aromatic nitrogens is 2. The summed E-state index contributed by atoms with van der Waals surface area (Å²) in [5.41, 5.74) is -0.653. The fourth-order valence-corrected chi connectivity index (χ4v) is 3.02. The van der Waals surface area contributed by atoms with Crippen LogP contribution in [0.5, 0.6) is 0 Å². The minimum Gasteiger partial charge on any atom is -0.384 e. The van der Waals surface area contributed by atoms with Crippen molar-refractivity contribution in [2.24, 2.45) is 0 Å². The summed E-state index contributed by atoms with van der Waals surface area (Å²) < 4.78 is 26.9. The number of aromatic amines is 1. The van der Waals surface area contributed by atoms with Crippen molar-refractivity contribution in [1.82, 2.24) is 14.7 Å². The summed E-state index contributed by atoms with van der Waals surface area (Å²) in [6.07, 6.45) is 1.29. The molecule has 1 heterocycles. The third-order valence-corrected chi connectivity index (χ3v) is 4.72. The normalized spacial score (nSPS) is 15.0. The van der Waals surface area contributed by atoms with E-state index in [1.54, 1.807) is 31.2 Å². The predicted octanol–water partition coefficient (Wildman–Crippen LogP) is 1.72. The summed E-state index contributed by atoms with van der Waals surface area (Å²) in [4.78, 5) is 6.83. The molecule has 2 aromatic rings. The first-order chi connectivity index (χ1) is 10.2. The van der Waals surface area contributed by atoms with Gasteiger partial charge < -0.3 is 10.1 Å². The lowest BCUT2D eigenvalue weighted by Crippen LogP contribution is -2.38. The van der Waals surface area contributed by atoms with Crippen LogP contribution in [0.25, 0.3) is 0 Å². The van der Waals surface area contributed by atoms with E-state index in [1.807, 2.05) is 19.9 Å². The van der Waals surface area contributed by atoms with E-state index < -0.39 is 15.6 Å². The van der Waals surface area contributed by atoms with Gasteiger partial charge in [0.1, 0.15) is 11.4 Å². The minimum absolute atomic E-state index is 0.0000571. The van der Waals surface area contributed by atoms with Crippen LogP contribution in [0.4, 0.5) is 0 Å². The molecule has 0 amide bonds. The van der Waals surface area contributed by atoms with Gasteiger partial charge in [0, 0.05) is 12.5 Å². The molecule has 1 atom stereocenters. The Morgan fingerprint density at radius 3 is 2.50 bits per heavy atom. The van der Waals surface area contributed by atoms with Crippen molar-refractivity contribution in [2.45, 2.75) is 37.3 Å². The number of imidazole rings is 1. The third kappa shape index (κ3) is 3.73. The Morgan fingerprint density at radius 1 is 1.32 bits per heavy atom. The van der Waals surface area contributed by atoms with Crippen LogP contribution in [0.2, 0.25) is 0 Å². The van der Waals surface area contributed by atoms with Crippen molar-refractivity contribution in [3.05, 3.63) is 47.9 Å². The van der Waals surface area contributed by atoms with Gasteiger partial charge in [-0.25, -0.2) is 18.1 Å². The maximum absolute atomic E-state index is 12.3. The number of nitrogens with zero attached hydrogens (tertiary/aromatic N) is 1. The zero-order valence-electron chi connectivity index (χ0n) is 12.9. The van der Waals surface area contributed by atoms with Gasteiger partial charge in [0.05, 0.1) is 6.20 Å². The maximum Gasteiger partial charge on any atom is 0.257 e. The van der Waals surface area contributed by atoms with Gasteiger partial charge in [0.2, 0.25) is 0 Å². The molecule has 1 aromatic heterocycles. The molecule has 0 saturated heterocycles. The molecule has 120 valence electrons. The molecular formula is C15H21N3O3S. The van der Waals surface area contributed by atoms with Crippen LogP contribution in [0.15, 0.2) is 41.6 Å². The Balaban J connectivity index is 2.12. The van der Waals surface area contributed by atoms with Crippen LogP contribution in [-0.4, -0.2) is 30.0 Å². The van der Waals surface area contributed by atoms with Crippen LogP contribution in [0.3, 0.4) is 0 Å². The smallest absolute Gasteiger partial charge is 0.257 e. The second kappa shape index (κ2) is 6.20. The second-order valence-corrected chi connectivity index (χ2v) is 7.49. The number of benzene rings is 1. The van der Waals surface area contributed by atoms with E-state index in [0.717, 1.165) is 0 Å². The molecule has 0 saturated carbocycles. The minimum atomic E-state index is -3.74. The number of hydrogen-bond donors (Lipinski definition) is 3. The van der Waals surface area contributed by atoms with Gasteiger partial charge in [0.25, 0.3) is 10.0 Å². The number of H-pyrrole nitrogens is 1. The number of sulfonamides is 1. The summed E-state index contributed by atoms with van der Waals surface area (Å²) in [6.45, 7) is 5.28. The molecule has 7 heteroatoms. The van der Waals surface area contributed by atoms with Gasteiger partial charge >= 0.3 is 0 Å². The van der Waals surface area contributed by atoms with E-state index in [2.05, 4.69) is 14.7 Å². The first-order valence-electron chi connectivity index (χ1n) is 7.05. The van der Waals surface area contributed by atoms with Gasteiger partial charge in [-0.1, -0.05) is 44.2 Å². The molecule has 0 spiro atoms. The zero-order valence-corrected chi connectivity index (χ0v) is 13.7. The molecule has 6 nitrogen and oxygen atoms in total. The Kier molecular flexibility index (Phi) is 4.69. The topological polar surface area (TPSA) is 95.1 Å². The number of aliphatic hydroxyl groups is 1. The Bertz CT molecular complexity index is 722. The predicted molar refractivity (Wildman–Crippen MR) is 83.9 cm³/mol. The van der Waals surface area contributed by atoms with Crippen molar-refractivity contribution in [3.8, 4) is 0 Å². The fourth-order valence-electron chi connectivity index (χ4n) is 1.96. The van der Waals surface area contributed by atoms with Gasteiger partial charge in [-0.05, 0) is 12.5 Å². The van der Waals surface area contributed by atoms with Crippen molar-refractivity contribution < 1.29 is 13.5 Å². The molecule has 0 fully saturated rings. The van der Waals surface area contributed by atoms with Crippen LogP contribution >= 0.6 is 0 Å². The molecule has 1 unspecified atom stereocenters. The first-order valence-corrected chi connectivity index (χ1v) is 8.53. The van der Waals surface area contributed by atoms with Crippen molar-refractivity contribution in [2.75, 3.05) is 6.54 Å². The SMILES string of the molecule is CC(C)c1ncc(S(=O)(=O)NCC(C)(O)c2ccccc2)[nH]1. The molecule has 3 N–H and O–H groups in total. The Hall–Kier alpha value is -1.70. The Labute approximate surface area is 130 Å². The van der Waals surface area contributed by atoms with Crippen molar-refractivity contribution in [1.29, 1.82) is 0 Å². The van der Waals surface area contributed by atoms with Gasteiger partial charge in [0.15, 0.2) is 5.03 Å². The van der Waals surface area contributed by atoms with E-state index in [-0.39, 0.29) is 17.5 Å². The fraction of sp³-hybridized carbons (Fsp3) is 0.400. The van der Waals surface area contributed by atoms with Gasteiger partial charge in [-0.15, -0.1) is 0 Å². The maximum atomic E-state index is 12.3. The van der Waals surface area contributed by atoms with E-state index >= 15 is 0 Å². The lowest BCUT2D eigenvalue weighted by molar-refractivity contribution is 0.0627. The van der Waals surface area contributed by atoms with Crippen LogP contribution in [0, 0.1) is 0 Å². The lowest BCUT2D eigenvalue weighted by atomic mass is 9.97. The number of nitrogens with one attached hydrogen (secondary N) is 2. The lowest BCUT2D eigenvalue weighted by Gasteiger charge is -2.23. The molecule has 0 aliphatic carbocycles. The van der Waals surface area contributed by atoms with Crippen LogP contribution < -0.4 is 4.72 Å². The third-order valence-electron chi connectivity index (χ3n) is 3.41. The molecule has 0 aliphatic rings. The summed E-state index contributed by atoms with van der Waals surface area (Å²) in [7, 11) is -3.74. The van der Waals surface area contributed by atoms with Gasteiger partial charge in [-0.3, -0.25) is 0 Å². The standard InChI is InChI=1S/C15H21N3O3S/c1-11(2)14-16-9-13(18-14)22(20,21)17-10-15(3,19)12-7-5-4-6-8-12/h4-9,11,17,19H,10H2,1-3H3,(H,16,18). The van der Waals surface area contributed by atoms with Crippen molar-refractivity contribution >= 4 is 10.0 Å². The summed E-state index contributed by atoms with van der Waals surface area (Å²) in [5, 5.41) is 10.4. The molecular weight excluding hydrogens is 302 g/mol. The second-order valence-electron chi connectivity index (χ2n) is 5.75. The molecule has 0 bridgehead atoms. The molecule has 0 aliphatic heterocycles. The van der Waals surface area contributed by atoms with Crippen molar-refractivity contribution in [3.63, 3.8) is 0 Å². The highest BCUT2D eigenvalue weighted by atomic mass is 32.2. The highest BCUT2D eigenvalue weighted by molar-refractivity contribution is 7.89. The number of hydrogen-bond acceptors (Lipinski definition) is 4. The van der Waals surface area contributed by atoms with E-state index in [1.165, 1.54) is 6.20 Å². The van der Waals surface area contributed by atoms with Gasteiger partial charge in [-0.2, -0.15) is 0 Å². The quantitative estimate of drug-likeness (QED) is 0.754. The van der Waals surface area contributed by atoms with E-state index in [9.17, 15) is 13.5 Å². The largest absolute Gasteiger partial charge is 0.384 e. The molecule has 2 rings (SSSR count).